The predicted octanol–water partition coefficient (Wildman–Crippen LogP) is 1.12. The number of carbonyl (C=O) groups is 3. The Morgan fingerprint density at radius 1 is 1.39 bits per heavy atom. The molecular weight excluding hydrogens is 301 g/mol. The quantitative estimate of drug-likeness (QED) is 0.798. The van der Waals surface area contributed by atoms with Crippen molar-refractivity contribution in [3.63, 3.8) is 0 Å². The van der Waals surface area contributed by atoms with Crippen LogP contribution in [-0.2, 0) is 15.1 Å². The summed E-state index contributed by atoms with van der Waals surface area (Å²) in [6, 6.07) is 5.08. The molecule has 2 aliphatic rings. The Bertz CT molecular complexity index is 674. The summed E-state index contributed by atoms with van der Waals surface area (Å²) in [5.41, 5.74) is -1.42. The van der Waals surface area contributed by atoms with Crippen LogP contribution in [0, 0.1) is 11.7 Å². The highest BCUT2D eigenvalue weighted by Gasteiger charge is 2.50. The summed E-state index contributed by atoms with van der Waals surface area (Å²) in [4.78, 5) is 37.3. The Labute approximate surface area is 133 Å². The van der Waals surface area contributed by atoms with E-state index in [9.17, 15) is 18.8 Å². The van der Waals surface area contributed by atoms with Gasteiger partial charge in [-0.05, 0) is 31.7 Å². The summed E-state index contributed by atoms with van der Waals surface area (Å²) in [6.45, 7) is 1.64. The fourth-order valence-electron chi connectivity index (χ4n) is 2.67. The second-order valence-corrected chi connectivity index (χ2v) is 6.17. The van der Waals surface area contributed by atoms with Gasteiger partial charge in [-0.3, -0.25) is 14.5 Å². The second-order valence-electron chi connectivity index (χ2n) is 6.17. The van der Waals surface area contributed by atoms with E-state index in [0.29, 0.717) is 12.5 Å². The third-order valence-electron chi connectivity index (χ3n) is 4.27. The summed E-state index contributed by atoms with van der Waals surface area (Å²) < 4.78 is 14.0. The highest BCUT2D eigenvalue weighted by molar-refractivity contribution is 6.09. The molecule has 2 N–H and O–H groups in total. The van der Waals surface area contributed by atoms with Crippen LogP contribution in [-0.4, -0.2) is 35.8 Å². The van der Waals surface area contributed by atoms with Crippen LogP contribution in [0.2, 0.25) is 0 Å². The number of benzene rings is 1. The van der Waals surface area contributed by atoms with E-state index in [1.54, 1.807) is 6.07 Å². The molecular formula is C16H18FN3O3. The molecule has 0 unspecified atom stereocenters. The van der Waals surface area contributed by atoms with Crippen LogP contribution in [0.5, 0.6) is 0 Å². The molecule has 4 amide bonds. The van der Waals surface area contributed by atoms with Crippen molar-refractivity contribution < 1.29 is 18.8 Å². The van der Waals surface area contributed by atoms with Gasteiger partial charge in [0.15, 0.2) is 0 Å². The normalized spacial score (nSPS) is 23.8. The lowest BCUT2D eigenvalue weighted by atomic mass is 9.91. The fourth-order valence-corrected chi connectivity index (χ4v) is 2.67. The largest absolute Gasteiger partial charge is 0.354 e. The van der Waals surface area contributed by atoms with E-state index < -0.39 is 29.2 Å². The molecule has 1 aliphatic carbocycles. The van der Waals surface area contributed by atoms with E-state index in [0.717, 1.165) is 17.7 Å². The van der Waals surface area contributed by atoms with Crippen molar-refractivity contribution >= 4 is 17.8 Å². The molecule has 1 aromatic rings. The van der Waals surface area contributed by atoms with Crippen LogP contribution in [0.4, 0.5) is 9.18 Å². The number of nitrogens with zero attached hydrogens (tertiary/aromatic N) is 1. The molecule has 1 atom stereocenters. The third-order valence-corrected chi connectivity index (χ3v) is 4.27. The second kappa shape index (κ2) is 5.64. The van der Waals surface area contributed by atoms with Crippen molar-refractivity contribution in [1.82, 2.24) is 15.5 Å². The van der Waals surface area contributed by atoms with Crippen LogP contribution < -0.4 is 10.6 Å². The van der Waals surface area contributed by atoms with Gasteiger partial charge in [0.1, 0.15) is 17.9 Å². The predicted molar refractivity (Wildman–Crippen MR) is 79.7 cm³/mol. The van der Waals surface area contributed by atoms with Crippen LogP contribution in [0.3, 0.4) is 0 Å². The van der Waals surface area contributed by atoms with E-state index in [-0.39, 0.29) is 12.1 Å². The Balaban J connectivity index is 1.74. The molecule has 0 spiro atoms. The number of halogens is 1. The molecule has 2 fully saturated rings. The van der Waals surface area contributed by atoms with Gasteiger partial charge in [-0.2, -0.15) is 0 Å². The first-order chi connectivity index (χ1) is 10.9. The van der Waals surface area contributed by atoms with Gasteiger partial charge in [0.25, 0.3) is 5.91 Å². The van der Waals surface area contributed by atoms with E-state index in [1.807, 2.05) is 0 Å². The van der Waals surface area contributed by atoms with Gasteiger partial charge in [-0.15, -0.1) is 0 Å². The van der Waals surface area contributed by atoms with Crippen molar-refractivity contribution in [3.8, 4) is 0 Å². The van der Waals surface area contributed by atoms with Gasteiger partial charge < -0.3 is 10.6 Å². The molecule has 7 heteroatoms. The van der Waals surface area contributed by atoms with Gasteiger partial charge in [0.2, 0.25) is 5.91 Å². The first-order valence-corrected chi connectivity index (χ1v) is 7.57. The molecule has 0 radical (unpaired) electrons. The summed E-state index contributed by atoms with van der Waals surface area (Å²) in [5, 5.41) is 5.19. The van der Waals surface area contributed by atoms with Crippen molar-refractivity contribution in [1.29, 1.82) is 0 Å². The Morgan fingerprint density at radius 3 is 2.74 bits per heavy atom. The molecule has 0 bridgehead atoms. The molecule has 1 saturated carbocycles. The van der Waals surface area contributed by atoms with Crippen molar-refractivity contribution in [2.45, 2.75) is 25.3 Å². The van der Waals surface area contributed by atoms with E-state index >= 15 is 0 Å². The zero-order valence-electron chi connectivity index (χ0n) is 12.8. The minimum atomic E-state index is -1.50. The Kier molecular flexibility index (Phi) is 3.79. The van der Waals surface area contributed by atoms with Crippen LogP contribution in [0.15, 0.2) is 24.3 Å². The standard InChI is InChI=1S/C16H18FN3O3/c1-16(11-4-2-3-5-12(11)17)14(22)20(15(23)19-16)9-13(21)18-8-10-6-7-10/h2-5,10H,6-9H2,1H3,(H,18,21)(H,19,23)/t16-/m1/s1. The maximum absolute atomic E-state index is 14.0. The summed E-state index contributed by atoms with van der Waals surface area (Å²) >= 11 is 0. The maximum atomic E-state index is 14.0. The number of amides is 4. The van der Waals surface area contributed by atoms with Gasteiger partial charge in [-0.1, -0.05) is 18.2 Å². The number of nitrogens with one attached hydrogen (secondary N) is 2. The Hall–Kier alpha value is -2.44. The molecule has 1 aliphatic heterocycles. The average molecular weight is 319 g/mol. The minimum absolute atomic E-state index is 0.0826. The SMILES string of the molecule is C[C@]1(c2ccccc2F)NC(=O)N(CC(=O)NCC2CC2)C1=O. The number of imide groups is 1. The molecule has 23 heavy (non-hydrogen) atoms. The zero-order chi connectivity index (χ0) is 16.6. The van der Waals surface area contributed by atoms with Gasteiger partial charge in [-0.25, -0.2) is 9.18 Å². The van der Waals surface area contributed by atoms with Crippen molar-refractivity contribution in [3.05, 3.63) is 35.6 Å². The van der Waals surface area contributed by atoms with E-state index in [2.05, 4.69) is 10.6 Å². The molecule has 6 nitrogen and oxygen atoms in total. The lowest BCUT2D eigenvalue weighted by Crippen LogP contribution is -2.44. The lowest BCUT2D eigenvalue weighted by molar-refractivity contribution is -0.134. The molecule has 0 aromatic heterocycles. The topological polar surface area (TPSA) is 78.5 Å². The number of hydrogen-bond donors (Lipinski definition) is 2. The van der Waals surface area contributed by atoms with Crippen LogP contribution in [0.25, 0.3) is 0 Å². The van der Waals surface area contributed by atoms with Crippen molar-refractivity contribution in [2.24, 2.45) is 5.92 Å². The van der Waals surface area contributed by atoms with Gasteiger partial charge >= 0.3 is 6.03 Å². The first-order valence-electron chi connectivity index (χ1n) is 7.57. The van der Waals surface area contributed by atoms with Crippen molar-refractivity contribution in [2.75, 3.05) is 13.1 Å². The molecule has 122 valence electrons. The smallest absolute Gasteiger partial charge is 0.325 e. The van der Waals surface area contributed by atoms with Gasteiger partial charge in [0.05, 0.1) is 0 Å². The lowest BCUT2D eigenvalue weighted by Gasteiger charge is -2.22. The van der Waals surface area contributed by atoms with Crippen LogP contribution in [0.1, 0.15) is 25.3 Å². The molecule has 1 saturated heterocycles. The number of hydrogen-bond acceptors (Lipinski definition) is 3. The first kappa shape index (κ1) is 15.5. The molecule has 3 rings (SSSR count). The number of carbonyl (C=O) groups excluding carboxylic acids is 3. The summed E-state index contributed by atoms with van der Waals surface area (Å²) in [5.74, 6) is -1.10. The fraction of sp³-hybridized carbons (Fsp3) is 0.438. The third kappa shape index (κ3) is 2.91. The highest BCUT2D eigenvalue weighted by Crippen LogP contribution is 2.30. The van der Waals surface area contributed by atoms with E-state index in [4.69, 9.17) is 0 Å². The maximum Gasteiger partial charge on any atom is 0.325 e. The van der Waals surface area contributed by atoms with Gasteiger partial charge in [0, 0.05) is 12.1 Å². The number of rotatable bonds is 5. The number of urea groups is 1. The van der Waals surface area contributed by atoms with Crippen LogP contribution >= 0.6 is 0 Å². The zero-order valence-corrected chi connectivity index (χ0v) is 12.8. The molecule has 1 heterocycles. The Morgan fingerprint density at radius 2 is 2.09 bits per heavy atom. The average Bonchev–Trinajstić information content (AvgIpc) is 3.31. The van der Waals surface area contributed by atoms with E-state index in [1.165, 1.54) is 25.1 Å². The highest BCUT2D eigenvalue weighted by atomic mass is 19.1. The monoisotopic (exact) mass is 319 g/mol. The molecule has 1 aromatic carbocycles. The minimum Gasteiger partial charge on any atom is -0.354 e. The summed E-state index contributed by atoms with van der Waals surface area (Å²) in [6.07, 6.45) is 2.18. The summed E-state index contributed by atoms with van der Waals surface area (Å²) in [7, 11) is 0.